The molecule has 1 saturated heterocycles. The van der Waals surface area contributed by atoms with Crippen molar-refractivity contribution in [3.8, 4) is 0 Å². The zero-order valence-corrected chi connectivity index (χ0v) is 8.40. The lowest BCUT2D eigenvalue weighted by Gasteiger charge is -2.34. The van der Waals surface area contributed by atoms with Crippen molar-refractivity contribution in [2.45, 2.75) is 31.7 Å². The van der Waals surface area contributed by atoms with Crippen molar-refractivity contribution in [1.82, 2.24) is 4.90 Å². The van der Waals surface area contributed by atoms with E-state index in [-0.39, 0.29) is 36.9 Å². The normalized spacial score (nSPS) is 24.8. The Morgan fingerprint density at radius 2 is 1.53 bits per heavy atom. The number of morpholine rings is 1. The zero-order valence-electron chi connectivity index (χ0n) is 8.40. The molecule has 0 N–H and O–H groups in total. The Morgan fingerprint density at radius 3 is 2.07 bits per heavy atom. The summed E-state index contributed by atoms with van der Waals surface area (Å²) in [5.41, 5.74) is 0. The minimum absolute atomic E-state index is 0.0177. The molecule has 2 fully saturated rings. The van der Waals surface area contributed by atoms with E-state index in [0.29, 0.717) is 25.7 Å². The summed E-state index contributed by atoms with van der Waals surface area (Å²) in [5.74, 6) is -0.324. The molecular weight excluding hydrogens is 198 g/mol. The van der Waals surface area contributed by atoms with Crippen LogP contribution in [0.5, 0.6) is 0 Å². The van der Waals surface area contributed by atoms with E-state index in [1.165, 1.54) is 4.90 Å². The maximum absolute atomic E-state index is 11.5. The van der Waals surface area contributed by atoms with Gasteiger partial charge in [0.05, 0.1) is 0 Å². The summed E-state index contributed by atoms with van der Waals surface area (Å²) in [6, 6.07) is -0.0911. The number of carbonyl (C=O) groups excluding carboxylic acids is 3. The van der Waals surface area contributed by atoms with Crippen molar-refractivity contribution in [3.05, 3.63) is 0 Å². The van der Waals surface area contributed by atoms with Gasteiger partial charge in [-0.1, -0.05) is 0 Å². The Bertz CT molecular complexity index is 287. The standard InChI is InChI=1S/C10H13NO4/c12-8-3-1-7(2-4-8)11-9(13)5-15-6-10(11)14/h7H,1-6H2. The van der Waals surface area contributed by atoms with Crippen molar-refractivity contribution >= 4 is 17.6 Å². The van der Waals surface area contributed by atoms with Crippen LogP contribution in [0.2, 0.25) is 0 Å². The van der Waals surface area contributed by atoms with Gasteiger partial charge in [0.2, 0.25) is 0 Å². The zero-order chi connectivity index (χ0) is 10.8. The van der Waals surface area contributed by atoms with Crippen LogP contribution in [0.15, 0.2) is 0 Å². The van der Waals surface area contributed by atoms with E-state index >= 15 is 0 Å². The molecule has 0 bridgehead atoms. The second-order valence-electron chi connectivity index (χ2n) is 3.92. The molecule has 1 heterocycles. The summed E-state index contributed by atoms with van der Waals surface area (Å²) in [5, 5.41) is 0. The molecule has 82 valence electrons. The Kier molecular flexibility index (Phi) is 2.81. The average Bonchev–Trinajstić information content (AvgIpc) is 2.20. The highest BCUT2D eigenvalue weighted by Crippen LogP contribution is 2.22. The van der Waals surface area contributed by atoms with Crippen LogP contribution in [-0.2, 0) is 19.1 Å². The fourth-order valence-electron chi connectivity index (χ4n) is 2.09. The SMILES string of the molecule is O=C1CCC(N2C(=O)COCC2=O)CC1. The summed E-state index contributed by atoms with van der Waals surface area (Å²) in [6.45, 7) is -0.0353. The molecule has 0 aromatic heterocycles. The first-order valence-corrected chi connectivity index (χ1v) is 5.13. The van der Waals surface area contributed by atoms with Gasteiger partial charge in [0.15, 0.2) is 0 Å². The molecule has 0 atom stereocenters. The van der Waals surface area contributed by atoms with Crippen LogP contribution in [0.3, 0.4) is 0 Å². The topological polar surface area (TPSA) is 63.7 Å². The number of hydrogen-bond acceptors (Lipinski definition) is 4. The van der Waals surface area contributed by atoms with Gasteiger partial charge in [0, 0.05) is 18.9 Å². The van der Waals surface area contributed by atoms with E-state index in [4.69, 9.17) is 4.74 Å². The lowest BCUT2D eigenvalue weighted by atomic mass is 9.93. The number of ketones is 1. The van der Waals surface area contributed by atoms with Gasteiger partial charge in [-0.2, -0.15) is 0 Å². The van der Waals surface area contributed by atoms with Crippen LogP contribution < -0.4 is 0 Å². The number of amides is 2. The fraction of sp³-hybridized carbons (Fsp3) is 0.700. The Labute approximate surface area is 87.4 Å². The van der Waals surface area contributed by atoms with Crippen LogP contribution >= 0.6 is 0 Å². The number of rotatable bonds is 1. The summed E-state index contributed by atoms with van der Waals surface area (Å²) in [4.78, 5) is 35.3. The largest absolute Gasteiger partial charge is 0.362 e. The monoisotopic (exact) mass is 211 g/mol. The highest BCUT2D eigenvalue weighted by Gasteiger charge is 2.34. The Hall–Kier alpha value is -1.23. The molecule has 1 aliphatic carbocycles. The molecule has 0 unspecified atom stereocenters. The van der Waals surface area contributed by atoms with Crippen LogP contribution in [0.25, 0.3) is 0 Å². The van der Waals surface area contributed by atoms with E-state index in [2.05, 4.69) is 0 Å². The summed E-state index contributed by atoms with van der Waals surface area (Å²) in [6.07, 6.45) is 2.16. The first-order chi connectivity index (χ1) is 7.18. The predicted molar refractivity (Wildman–Crippen MR) is 49.9 cm³/mol. The molecule has 5 heteroatoms. The van der Waals surface area contributed by atoms with Gasteiger partial charge >= 0.3 is 0 Å². The van der Waals surface area contributed by atoms with Crippen molar-refractivity contribution in [1.29, 1.82) is 0 Å². The average molecular weight is 211 g/mol. The number of carbonyl (C=O) groups is 3. The van der Waals surface area contributed by atoms with Gasteiger partial charge in [0.25, 0.3) is 11.8 Å². The van der Waals surface area contributed by atoms with Gasteiger partial charge in [-0.25, -0.2) is 0 Å². The minimum Gasteiger partial charge on any atom is -0.362 e. The molecule has 1 aliphatic heterocycles. The van der Waals surface area contributed by atoms with Gasteiger partial charge in [-0.15, -0.1) is 0 Å². The van der Waals surface area contributed by atoms with Crippen LogP contribution in [0, 0.1) is 0 Å². The molecule has 0 aromatic rings. The van der Waals surface area contributed by atoms with Crippen LogP contribution in [0.1, 0.15) is 25.7 Å². The maximum atomic E-state index is 11.5. The molecule has 0 spiro atoms. The third-order valence-electron chi connectivity index (χ3n) is 2.87. The summed E-state index contributed by atoms with van der Waals surface area (Å²) >= 11 is 0. The second kappa shape index (κ2) is 4.10. The van der Waals surface area contributed by atoms with Crippen molar-refractivity contribution < 1.29 is 19.1 Å². The molecular formula is C10H13NO4. The fourth-order valence-corrected chi connectivity index (χ4v) is 2.09. The number of hydrogen-bond donors (Lipinski definition) is 0. The third-order valence-corrected chi connectivity index (χ3v) is 2.87. The predicted octanol–water partition coefficient (Wildman–Crippen LogP) is -0.117. The number of Topliss-reactive ketones (excluding diaryl/α,β-unsaturated/α-hetero) is 1. The van der Waals surface area contributed by atoms with Crippen molar-refractivity contribution in [3.63, 3.8) is 0 Å². The van der Waals surface area contributed by atoms with E-state index in [0.717, 1.165) is 0 Å². The molecule has 1 saturated carbocycles. The van der Waals surface area contributed by atoms with E-state index in [1.807, 2.05) is 0 Å². The first kappa shape index (κ1) is 10.3. The molecule has 2 rings (SSSR count). The van der Waals surface area contributed by atoms with Gasteiger partial charge < -0.3 is 4.74 Å². The van der Waals surface area contributed by atoms with Gasteiger partial charge in [-0.05, 0) is 12.8 Å². The van der Waals surface area contributed by atoms with Crippen LogP contribution in [0.4, 0.5) is 0 Å². The number of ether oxygens (including phenoxy) is 1. The highest BCUT2D eigenvalue weighted by molar-refractivity contribution is 5.98. The highest BCUT2D eigenvalue weighted by atomic mass is 16.5. The maximum Gasteiger partial charge on any atom is 0.255 e. The van der Waals surface area contributed by atoms with E-state index in [9.17, 15) is 14.4 Å². The molecule has 0 aromatic carbocycles. The summed E-state index contributed by atoms with van der Waals surface area (Å²) in [7, 11) is 0. The Balaban J connectivity index is 2.04. The molecule has 2 aliphatic rings. The van der Waals surface area contributed by atoms with Gasteiger partial charge in [0.1, 0.15) is 19.0 Å². The molecule has 5 nitrogen and oxygen atoms in total. The molecule has 15 heavy (non-hydrogen) atoms. The summed E-state index contributed by atoms with van der Waals surface area (Å²) < 4.78 is 4.83. The van der Waals surface area contributed by atoms with Gasteiger partial charge in [-0.3, -0.25) is 19.3 Å². The minimum atomic E-state index is -0.273. The van der Waals surface area contributed by atoms with Crippen LogP contribution in [-0.4, -0.2) is 41.8 Å². The molecule has 2 amide bonds. The second-order valence-corrected chi connectivity index (χ2v) is 3.92. The smallest absolute Gasteiger partial charge is 0.255 e. The Morgan fingerprint density at radius 1 is 1.00 bits per heavy atom. The molecule has 0 radical (unpaired) electrons. The first-order valence-electron chi connectivity index (χ1n) is 5.13. The third kappa shape index (κ3) is 2.07. The van der Waals surface area contributed by atoms with Crippen molar-refractivity contribution in [2.24, 2.45) is 0 Å². The number of imide groups is 1. The lowest BCUT2D eigenvalue weighted by Crippen LogP contribution is -2.52. The quantitative estimate of drug-likeness (QED) is 0.567. The van der Waals surface area contributed by atoms with E-state index in [1.54, 1.807) is 0 Å². The number of nitrogens with zero attached hydrogens (tertiary/aromatic N) is 1. The lowest BCUT2D eigenvalue weighted by molar-refractivity contribution is -0.162. The van der Waals surface area contributed by atoms with E-state index < -0.39 is 0 Å². The van der Waals surface area contributed by atoms with Crippen molar-refractivity contribution in [2.75, 3.05) is 13.2 Å².